The van der Waals surface area contributed by atoms with Crippen LogP contribution in [0, 0.1) is 18.8 Å². The third kappa shape index (κ3) is 11.0. The molecule has 0 saturated carbocycles. The number of aromatic nitrogens is 1. The highest BCUT2D eigenvalue weighted by Crippen LogP contribution is 2.23. The maximum atomic E-state index is 12.8. The molecule has 2 amide bonds. The molecule has 0 radical (unpaired) electrons. The fourth-order valence-corrected chi connectivity index (χ4v) is 3.77. The molecule has 0 bridgehead atoms. The van der Waals surface area contributed by atoms with Crippen molar-refractivity contribution < 1.29 is 33.8 Å². The molecule has 0 spiro atoms. The van der Waals surface area contributed by atoms with E-state index in [9.17, 15) is 19.2 Å². The molecule has 0 fully saturated rings. The van der Waals surface area contributed by atoms with Crippen LogP contribution in [0.4, 0.5) is 0 Å². The number of carbonyl (C=O) groups is 4. The Bertz CT molecular complexity index is 1360. The van der Waals surface area contributed by atoms with Crippen molar-refractivity contribution in [3.8, 4) is 24.5 Å². The van der Waals surface area contributed by atoms with E-state index in [4.69, 9.17) is 14.6 Å². The quantitative estimate of drug-likeness (QED) is 0.220. The Hall–Kier alpha value is -4.75. The maximum Gasteiger partial charge on any atom is 0.243 e. The molecule has 1 unspecified atom stereocenters. The van der Waals surface area contributed by atoms with E-state index in [1.807, 2.05) is 30.3 Å². The van der Waals surface area contributed by atoms with Crippen LogP contribution in [0.2, 0.25) is 0 Å². The minimum absolute atomic E-state index is 0.0778. The second-order valence-corrected chi connectivity index (χ2v) is 9.25. The summed E-state index contributed by atoms with van der Waals surface area (Å²) in [5.74, 6) is -0.794. The van der Waals surface area contributed by atoms with Gasteiger partial charge in [0.05, 0.1) is 20.1 Å². The lowest BCUT2D eigenvalue weighted by molar-refractivity contribution is -0.131. The molecule has 1 aromatic heterocycles. The average molecular weight is 578 g/mol. The van der Waals surface area contributed by atoms with Crippen molar-refractivity contribution in [2.45, 2.75) is 40.2 Å². The van der Waals surface area contributed by atoms with Crippen molar-refractivity contribution >= 4 is 34.2 Å². The summed E-state index contributed by atoms with van der Waals surface area (Å²) in [5.41, 5.74) is 0.992. The van der Waals surface area contributed by atoms with E-state index in [1.165, 1.54) is 14.0 Å². The number of nitrogens with zero attached hydrogens (tertiary/aromatic N) is 1. The first-order valence-electron chi connectivity index (χ1n) is 13.3. The minimum Gasteiger partial charge on any atom is -0.496 e. The zero-order chi connectivity index (χ0) is 31.7. The van der Waals surface area contributed by atoms with E-state index >= 15 is 0 Å². The molecule has 3 N–H and O–H groups in total. The number of ether oxygens (including phenoxy) is 2. The second-order valence-electron chi connectivity index (χ2n) is 9.25. The third-order valence-corrected chi connectivity index (χ3v) is 5.77. The highest BCUT2D eigenvalue weighted by atomic mass is 16.5. The van der Waals surface area contributed by atoms with Crippen LogP contribution in [0.25, 0.3) is 10.8 Å². The molecule has 10 heteroatoms. The summed E-state index contributed by atoms with van der Waals surface area (Å²) < 4.78 is 10.9. The molecule has 0 aliphatic carbocycles. The number of aliphatic hydroxyl groups excluding tert-OH is 1. The molecular formula is C32H39N3O7. The van der Waals surface area contributed by atoms with Gasteiger partial charge in [-0.25, -0.2) is 4.98 Å². The summed E-state index contributed by atoms with van der Waals surface area (Å²) in [4.78, 5) is 53.8. The molecule has 10 nitrogen and oxygen atoms in total. The number of nitrogens with one attached hydrogen (secondary N) is 2. The van der Waals surface area contributed by atoms with Crippen LogP contribution >= 0.6 is 0 Å². The molecule has 42 heavy (non-hydrogen) atoms. The van der Waals surface area contributed by atoms with Gasteiger partial charge in [-0.3, -0.25) is 19.2 Å². The lowest BCUT2D eigenvalue weighted by atomic mass is 10.0. The molecule has 3 rings (SSSR count). The standard InChI is InChI=1S/C28H31N3O6.C2H6O.C2H2/c1-17(2)26(31-25(34)14-21-13-20(18(3)32)9-10-24(21)36-4)27(35)30-15-22(33)16-37-28-23-8-6-5-7-19(23)11-12-29-28;1-2-3;1-2/h5-13,17,26H,14-16H2,1-4H3,(H,30,35)(H,31,34);3H,2H2,1H3;1-2H. The Balaban J connectivity index is 0.00000165. The number of aliphatic hydroxyl groups is 1. The average Bonchev–Trinajstić information content (AvgIpc) is 2.98. The van der Waals surface area contributed by atoms with Crippen molar-refractivity contribution in [2.24, 2.45) is 5.92 Å². The topological polar surface area (TPSA) is 144 Å². The van der Waals surface area contributed by atoms with Crippen molar-refractivity contribution in [2.75, 3.05) is 26.9 Å². The summed E-state index contributed by atoms with van der Waals surface area (Å²) in [6, 6.07) is 13.4. The maximum absolute atomic E-state index is 12.8. The molecule has 1 heterocycles. The number of amides is 2. The summed E-state index contributed by atoms with van der Waals surface area (Å²) in [6.07, 6.45) is 9.53. The number of rotatable bonds is 12. The van der Waals surface area contributed by atoms with Gasteiger partial charge < -0.3 is 25.2 Å². The summed E-state index contributed by atoms with van der Waals surface area (Å²) in [6.45, 7) is 6.44. The van der Waals surface area contributed by atoms with Crippen molar-refractivity contribution in [1.29, 1.82) is 0 Å². The number of methoxy groups -OCH3 is 1. The van der Waals surface area contributed by atoms with Crippen LogP contribution in [-0.2, 0) is 20.8 Å². The van der Waals surface area contributed by atoms with Crippen LogP contribution in [0.5, 0.6) is 11.6 Å². The van der Waals surface area contributed by atoms with Gasteiger partial charge >= 0.3 is 0 Å². The van der Waals surface area contributed by atoms with Crippen LogP contribution < -0.4 is 20.1 Å². The molecule has 0 saturated heterocycles. The predicted molar refractivity (Wildman–Crippen MR) is 161 cm³/mol. The van der Waals surface area contributed by atoms with E-state index in [1.54, 1.807) is 45.2 Å². The number of pyridine rings is 1. The Morgan fingerprint density at radius 3 is 2.33 bits per heavy atom. The SMILES string of the molecule is C#C.CCO.COc1ccc(C(C)=O)cc1CC(=O)NC(C(=O)NCC(=O)COc1nccc2ccccc12)C(C)C. The van der Waals surface area contributed by atoms with Gasteiger partial charge in [-0.05, 0) is 55.5 Å². The van der Waals surface area contributed by atoms with Gasteiger partial charge in [0.15, 0.2) is 18.2 Å². The Kier molecular flexibility index (Phi) is 15.6. The number of fused-ring (bicyclic) bond motifs is 1. The third-order valence-electron chi connectivity index (χ3n) is 5.77. The molecule has 0 aliphatic heterocycles. The normalized spacial score (nSPS) is 10.7. The Morgan fingerprint density at radius 1 is 1.05 bits per heavy atom. The van der Waals surface area contributed by atoms with Gasteiger partial charge in [0.2, 0.25) is 17.7 Å². The number of benzene rings is 2. The van der Waals surface area contributed by atoms with Gasteiger partial charge in [-0.2, -0.15) is 0 Å². The van der Waals surface area contributed by atoms with E-state index in [0.717, 1.165) is 10.8 Å². The minimum atomic E-state index is -0.858. The smallest absolute Gasteiger partial charge is 0.243 e. The monoisotopic (exact) mass is 577 g/mol. The zero-order valence-corrected chi connectivity index (χ0v) is 24.7. The van der Waals surface area contributed by atoms with Crippen molar-refractivity contribution in [3.63, 3.8) is 0 Å². The van der Waals surface area contributed by atoms with Crippen LogP contribution in [0.3, 0.4) is 0 Å². The number of hydrogen-bond donors (Lipinski definition) is 3. The second kappa shape index (κ2) is 18.6. The summed E-state index contributed by atoms with van der Waals surface area (Å²) >= 11 is 0. The number of carbonyl (C=O) groups excluding carboxylic acids is 4. The van der Waals surface area contributed by atoms with Crippen LogP contribution in [-0.4, -0.2) is 66.4 Å². The van der Waals surface area contributed by atoms with Gasteiger partial charge in [0.1, 0.15) is 11.8 Å². The zero-order valence-electron chi connectivity index (χ0n) is 24.7. The number of hydrogen-bond acceptors (Lipinski definition) is 8. The number of ketones is 2. The lowest BCUT2D eigenvalue weighted by Crippen LogP contribution is -2.51. The van der Waals surface area contributed by atoms with Crippen LogP contribution in [0.15, 0.2) is 54.7 Å². The Labute approximate surface area is 246 Å². The molecule has 2 aromatic carbocycles. The van der Waals surface area contributed by atoms with E-state index in [-0.39, 0.29) is 43.7 Å². The molecule has 3 aromatic rings. The largest absolute Gasteiger partial charge is 0.496 e. The van der Waals surface area contributed by atoms with E-state index in [2.05, 4.69) is 28.5 Å². The lowest BCUT2D eigenvalue weighted by Gasteiger charge is -2.22. The fourth-order valence-electron chi connectivity index (χ4n) is 3.77. The summed E-state index contributed by atoms with van der Waals surface area (Å²) in [7, 11) is 1.48. The van der Waals surface area contributed by atoms with Gasteiger partial charge in [-0.1, -0.05) is 32.0 Å². The van der Waals surface area contributed by atoms with E-state index < -0.39 is 17.9 Å². The van der Waals surface area contributed by atoms with Gasteiger partial charge in [0.25, 0.3) is 0 Å². The summed E-state index contributed by atoms with van der Waals surface area (Å²) in [5, 5.41) is 14.6. The van der Waals surface area contributed by atoms with Crippen molar-refractivity contribution in [3.05, 3.63) is 65.9 Å². The first kappa shape index (κ1) is 35.3. The van der Waals surface area contributed by atoms with E-state index in [0.29, 0.717) is 22.8 Å². The highest BCUT2D eigenvalue weighted by molar-refractivity contribution is 5.95. The number of terminal acetylenes is 1. The first-order valence-corrected chi connectivity index (χ1v) is 13.3. The Morgan fingerprint density at radius 2 is 1.71 bits per heavy atom. The number of Topliss-reactive ketones (excluding diaryl/α,β-unsaturated/α-hetero) is 2. The molecular weight excluding hydrogens is 538 g/mol. The van der Waals surface area contributed by atoms with Crippen molar-refractivity contribution in [1.82, 2.24) is 15.6 Å². The van der Waals surface area contributed by atoms with Gasteiger partial charge in [0, 0.05) is 29.3 Å². The van der Waals surface area contributed by atoms with Crippen LogP contribution in [0.1, 0.15) is 43.6 Å². The van der Waals surface area contributed by atoms with Gasteiger partial charge in [-0.15, -0.1) is 12.8 Å². The molecule has 224 valence electrons. The highest BCUT2D eigenvalue weighted by Gasteiger charge is 2.25. The molecule has 1 atom stereocenters. The first-order chi connectivity index (χ1) is 20.1. The predicted octanol–water partition coefficient (Wildman–Crippen LogP) is 3.14. The molecule has 0 aliphatic rings. The fraction of sp³-hybridized carbons (Fsp3) is 0.344.